The Kier molecular flexibility index (Phi) is 9.17. The molecule has 0 atom stereocenters. The van der Waals surface area contributed by atoms with Gasteiger partial charge in [0.05, 0.1) is 5.69 Å². The van der Waals surface area contributed by atoms with Gasteiger partial charge in [0, 0.05) is 38.1 Å². The minimum Gasteiger partial charge on any atom is -0.311 e. The summed E-state index contributed by atoms with van der Waals surface area (Å²) in [6.07, 6.45) is 5.54. The number of aryl methyl sites for hydroxylation is 2. The Morgan fingerprint density at radius 2 is 0.942 bits per heavy atom. The predicted molar refractivity (Wildman–Crippen MR) is 300 cm³/mol. The largest absolute Gasteiger partial charge is 0.311 e. The zero-order chi connectivity index (χ0) is 51.8. The number of benzene rings is 6. The maximum absolute atomic E-state index is 8.86. The summed E-state index contributed by atoms with van der Waals surface area (Å²) in [5.74, 6) is 0. The number of hydrogen-bond acceptors (Lipinski definition) is 2. The maximum Gasteiger partial charge on any atom is 0.252 e. The Bertz CT molecular complexity index is 3250. The lowest BCUT2D eigenvalue weighted by atomic mass is 9.32. The van der Waals surface area contributed by atoms with Gasteiger partial charge in [-0.2, -0.15) is 0 Å². The van der Waals surface area contributed by atoms with Crippen LogP contribution in [0.3, 0.4) is 0 Å². The molecule has 2 heterocycles. The Hall–Kier alpha value is -5.02. The molecule has 69 heavy (non-hydrogen) atoms. The smallest absolute Gasteiger partial charge is 0.252 e. The van der Waals surface area contributed by atoms with Gasteiger partial charge in [-0.25, -0.2) is 0 Å². The lowest BCUT2D eigenvalue weighted by Crippen LogP contribution is -2.62. The van der Waals surface area contributed by atoms with Crippen LogP contribution >= 0.6 is 0 Å². The van der Waals surface area contributed by atoms with Crippen molar-refractivity contribution in [2.75, 3.05) is 9.80 Å². The van der Waals surface area contributed by atoms with Gasteiger partial charge in [0.15, 0.2) is 0 Å². The molecule has 0 amide bonds. The van der Waals surface area contributed by atoms with Gasteiger partial charge >= 0.3 is 0 Å². The van der Waals surface area contributed by atoms with E-state index in [0.717, 1.165) is 60.3 Å². The minimum absolute atomic E-state index is 0.0105. The fourth-order valence-electron chi connectivity index (χ4n) is 14.2. The molecule has 3 heteroatoms. The zero-order valence-corrected chi connectivity index (χ0v) is 45.0. The van der Waals surface area contributed by atoms with Gasteiger partial charge in [-0.15, -0.1) is 0 Å². The SMILES string of the molecule is [2H]C([2H])([2H])Cc1cc2c3c(c1)N(c1ccc(C(C)(C)C)cc1-c1ccccc1)c1cc4c(cc1B3c1cc3c(cc1N2c1cc2c(cc1C)C(C)(C)CCC2(C)C)C(C)(C)CC3(C)C)C(C)(C)CCC4(C)C. The molecule has 0 radical (unpaired) electrons. The normalized spacial score (nSPS) is 21.2. The first-order valence-electron chi connectivity index (χ1n) is 27.8. The molecule has 0 saturated carbocycles. The standard InChI is InChI=1S/C66H79BN2/c1-18-41-31-57-59-58(32-41)69(54-36-48-45(30-40(54)2)61(6,7)26-28-63(48,10)11)56-38-50-47(65(14,15)39-66(50,16)17)35-52(56)67(59)51-34-46-49(64(12,13)29-27-62(46,8)9)37-55(51)68(57)53-25-24-43(60(3,4)5)33-44(53)42-22-20-19-21-23-42/h19-25,30-38H,18,26-29,39H2,1-17H3/i1D3. The predicted octanol–water partition coefficient (Wildman–Crippen LogP) is 16.3. The van der Waals surface area contributed by atoms with E-state index in [1.165, 1.54) is 83.5 Å². The van der Waals surface area contributed by atoms with Crippen molar-refractivity contribution in [3.05, 3.63) is 147 Å². The Balaban J connectivity index is 1.33. The molecule has 2 nitrogen and oxygen atoms in total. The van der Waals surface area contributed by atoms with E-state index in [4.69, 9.17) is 4.11 Å². The summed E-state index contributed by atoms with van der Waals surface area (Å²) in [5, 5.41) is 0. The lowest BCUT2D eigenvalue weighted by molar-refractivity contribution is 0.332. The molecule has 0 fully saturated rings. The average Bonchev–Trinajstić information content (AvgIpc) is 3.46. The van der Waals surface area contributed by atoms with Gasteiger partial charge in [-0.3, -0.25) is 0 Å². The van der Waals surface area contributed by atoms with Crippen molar-refractivity contribution >= 4 is 57.2 Å². The molecule has 0 N–H and O–H groups in total. The van der Waals surface area contributed by atoms with Gasteiger partial charge < -0.3 is 9.80 Å². The van der Waals surface area contributed by atoms with Crippen LogP contribution in [0.5, 0.6) is 0 Å². The monoisotopic (exact) mass is 914 g/mol. The van der Waals surface area contributed by atoms with Gasteiger partial charge in [-0.1, -0.05) is 165 Å². The summed E-state index contributed by atoms with van der Waals surface area (Å²) < 4.78 is 26.6. The van der Waals surface area contributed by atoms with Crippen LogP contribution in [0.15, 0.2) is 97.1 Å². The van der Waals surface area contributed by atoms with Crippen molar-refractivity contribution in [2.45, 2.75) is 194 Å². The molecule has 0 unspecified atom stereocenters. The number of anilines is 6. The Labute approximate surface area is 421 Å². The van der Waals surface area contributed by atoms with Gasteiger partial charge in [0.2, 0.25) is 0 Å². The molecule has 6 aromatic rings. The van der Waals surface area contributed by atoms with Crippen LogP contribution in [0.2, 0.25) is 0 Å². The average molecular weight is 914 g/mol. The first kappa shape index (κ1) is 42.8. The van der Waals surface area contributed by atoms with Crippen LogP contribution < -0.4 is 26.2 Å². The van der Waals surface area contributed by atoms with Crippen molar-refractivity contribution in [3.8, 4) is 11.1 Å². The van der Waals surface area contributed by atoms with E-state index < -0.39 is 6.85 Å². The summed E-state index contributed by atoms with van der Waals surface area (Å²) in [6.45, 7) is 36.3. The Morgan fingerprint density at radius 3 is 1.45 bits per heavy atom. The highest BCUT2D eigenvalue weighted by Crippen LogP contribution is 2.56. The molecule has 0 bridgehead atoms. The fourth-order valence-corrected chi connectivity index (χ4v) is 14.2. The molecular formula is C66H79BN2. The second-order valence-corrected chi connectivity index (χ2v) is 27.3. The molecule has 0 aromatic heterocycles. The van der Waals surface area contributed by atoms with Crippen LogP contribution in [0.1, 0.15) is 197 Å². The summed E-state index contributed by atoms with van der Waals surface area (Å²) in [6, 6.07) is 38.1. The third-order valence-electron chi connectivity index (χ3n) is 18.4. The molecule has 0 spiro atoms. The van der Waals surface area contributed by atoms with E-state index in [0.29, 0.717) is 0 Å². The summed E-state index contributed by atoms with van der Waals surface area (Å²) in [4.78, 5) is 5.19. The van der Waals surface area contributed by atoms with Crippen molar-refractivity contribution in [3.63, 3.8) is 0 Å². The molecule has 356 valence electrons. The molecule has 6 aromatic carbocycles. The van der Waals surface area contributed by atoms with E-state index in [1.807, 2.05) is 0 Å². The van der Waals surface area contributed by atoms with E-state index >= 15 is 0 Å². The summed E-state index contributed by atoms with van der Waals surface area (Å²) in [7, 11) is 0. The Morgan fingerprint density at radius 1 is 0.493 bits per heavy atom. The first-order chi connectivity index (χ1) is 33.3. The van der Waals surface area contributed by atoms with Gasteiger partial charge in [0.1, 0.15) is 0 Å². The van der Waals surface area contributed by atoms with Crippen LogP contribution in [0.4, 0.5) is 34.1 Å². The van der Waals surface area contributed by atoms with Crippen molar-refractivity contribution in [1.29, 1.82) is 0 Å². The fraction of sp³-hybridized carbons (Fsp3) is 0.455. The number of rotatable bonds is 4. The van der Waals surface area contributed by atoms with Crippen LogP contribution in [0.25, 0.3) is 11.1 Å². The number of hydrogen-bond donors (Lipinski definition) is 0. The molecular weight excluding hydrogens is 832 g/mol. The molecule has 2 aliphatic heterocycles. The number of fused-ring (bicyclic) bond motifs is 7. The third kappa shape index (κ3) is 6.92. The maximum atomic E-state index is 8.86. The minimum atomic E-state index is -2.18. The van der Waals surface area contributed by atoms with E-state index in [2.05, 4.69) is 218 Å². The second kappa shape index (κ2) is 14.8. The van der Waals surface area contributed by atoms with Crippen LogP contribution in [-0.4, -0.2) is 6.71 Å². The molecule has 5 aliphatic rings. The summed E-state index contributed by atoms with van der Waals surface area (Å²) >= 11 is 0. The first-order valence-corrected chi connectivity index (χ1v) is 26.3. The number of nitrogens with zero attached hydrogens (tertiary/aromatic N) is 2. The van der Waals surface area contributed by atoms with Crippen LogP contribution in [-0.2, 0) is 44.3 Å². The van der Waals surface area contributed by atoms with E-state index in [-0.39, 0.29) is 51.0 Å². The lowest BCUT2D eigenvalue weighted by Gasteiger charge is -2.48. The van der Waals surface area contributed by atoms with Crippen molar-refractivity contribution < 1.29 is 4.11 Å². The summed E-state index contributed by atoms with van der Waals surface area (Å²) in [5.41, 5.74) is 25.0. The highest BCUT2D eigenvalue weighted by molar-refractivity contribution is 7.00. The molecule has 0 saturated heterocycles. The third-order valence-corrected chi connectivity index (χ3v) is 18.4. The van der Waals surface area contributed by atoms with E-state index in [1.54, 1.807) is 0 Å². The topological polar surface area (TPSA) is 6.48 Å². The highest BCUT2D eigenvalue weighted by atomic mass is 15.2. The van der Waals surface area contributed by atoms with Crippen LogP contribution in [0, 0.1) is 6.92 Å². The van der Waals surface area contributed by atoms with Gasteiger partial charge in [0.25, 0.3) is 6.71 Å². The quantitative estimate of drug-likeness (QED) is 0.162. The van der Waals surface area contributed by atoms with Crippen molar-refractivity contribution in [1.82, 2.24) is 0 Å². The zero-order valence-electron chi connectivity index (χ0n) is 48.0. The van der Waals surface area contributed by atoms with E-state index in [9.17, 15) is 0 Å². The highest BCUT2D eigenvalue weighted by Gasteiger charge is 2.50. The molecule has 3 aliphatic carbocycles. The molecule has 11 rings (SSSR count). The second-order valence-electron chi connectivity index (χ2n) is 27.3. The van der Waals surface area contributed by atoms with Crippen molar-refractivity contribution in [2.24, 2.45) is 0 Å². The van der Waals surface area contributed by atoms with Gasteiger partial charge in [-0.05, 0) is 198 Å².